The summed E-state index contributed by atoms with van der Waals surface area (Å²) in [4.78, 5) is 21.1. The van der Waals surface area contributed by atoms with Gasteiger partial charge < -0.3 is 5.11 Å². The summed E-state index contributed by atoms with van der Waals surface area (Å²) in [5, 5.41) is 19.6. The lowest BCUT2D eigenvalue weighted by Crippen LogP contribution is -2.14. The van der Waals surface area contributed by atoms with Crippen molar-refractivity contribution in [2.24, 2.45) is 0 Å². The molecular weight excluding hydrogens is 234 g/mol. The molecule has 0 spiro atoms. The average Bonchev–Trinajstić information content (AvgIpc) is 2.20. The zero-order valence-electron chi connectivity index (χ0n) is 8.51. The molecule has 0 aliphatic rings. The molecule has 0 saturated heterocycles. The van der Waals surface area contributed by atoms with Gasteiger partial charge in [0.25, 0.3) is 5.69 Å². The van der Waals surface area contributed by atoms with Gasteiger partial charge in [-0.2, -0.15) is 0 Å². The molecule has 0 aliphatic carbocycles. The van der Waals surface area contributed by atoms with Crippen LogP contribution in [0.4, 0.5) is 5.69 Å². The first-order chi connectivity index (χ1) is 7.49. The van der Waals surface area contributed by atoms with Crippen molar-refractivity contribution >= 4 is 23.3 Å². The van der Waals surface area contributed by atoms with Crippen LogP contribution in [-0.4, -0.2) is 21.9 Å². The van der Waals surface area contributed by atoms with E-state index >= 15 is 0 Å². The number of hydrogen-bond acceptors (Lipinski definition) is 3. The second-order valence-electron chi connectivity index (χ2n) is 3.29. The second kappa shape index (κ2) is 4.94. The Morgan fingerprint density at radius 2 is 2.25 bits per heavy atom. The van der Waals surface area contributed by atoms with Gasteiger partial charge in [-0.3, -0.25) is 14.9 Å². The van der Waals surface area contributed by atoms with Gasteiger partial charge in [0, 0.05) is 17.5 Å². The zero-order chi connectivity index (χ0) is 12.3. The first-order valence-corrected chi connectivity index (χ1v) is 5.05. The highest BCUT2D eigenvalue weighted by atomic mass is 35.5. The molecule has 0 heterocycles. The van der Waals surface area contributed by atoms with Gasteiger partial charge in [0.2, 0.25) is 0 Å². The quantitative estimate of drug-likeness (QED) is 0.500. The van der Waals surface area contributed by atoms with E-state index in [-0.39, 0.29) is 11.6 Å². The van der Waals surface area contributed by atoms with Crippen LogP contribution < -0.4 is 0 Å². The first-order valence-electron chi connectivity index (χ1n) is 4.51. The highest BCUT2D eigenvalue weighted by molar-refractivity contribution is 6.19. The molecule has 0 bridgehead atoms. The minimum Gasteiger partial charge on any atom is -0.481 e. The van der Waals surface area contributed by atoms with Gasteiger partial charge in [-0.25, -0.2) is 0 Å². The number of nitro benzene ring substituents is 1. The molecule has 0 amide bonds. The van der Waals surface area contributed by atoms with Crippen molar-refractivity contribution in [1.82, 2.24) is 0 Å². The van der Waals surface area contributed by atoms with Gasteiger partial charge in [0.15, 0.2) is 0 Å². The highest BCUT2D eigenvalue weighted by Crippen LogP contribution is 2.28. The summed E-state index contributed by atoms with van der Waals surface area (Å²) in [5.41, 5.74) is 0.645. The fourth-order valence-electron chi connectivity index (χ4n) is 1.50. The van der Waals surface area contributed by atoms with E-state index < -0.39 is 16.8 Å². The monoisotopic (exact) mass is 243 g/mol. The van der Waals surface area contributed by atoms with Crippen LogP contribution in [0.3, 0.4) is 0 Å². The molecular formula is C10H10ClNO4. The smallest absolute Gasteiger partial charge is 0.312 e. The molecule has 0 aliphatic heterocycles. The van der Waals surface area contributed by atoms with Gasteiger partial charge in [0.1, 0.15) is 0 Å². The van der Waals surface area contributed by atoms with Crippen LogP contribution in [0.15, 0.2) is 18.2 Å². The van der Waals surface area contributed by atoms with Gasteiger partial charge in [-0.05, 0) is 12.5 Å². The van der Waals surface area contributed by atoms with E-state index in [2.05, 4.69) is 0 Å². The molecule has 0 radical (unpaired) electrons. The Hall–Kier alpha value is -1.62. The van der Waals surface area contributed by atoms with Gasteiger partial charge in [0.05, 0.1) is 10.8 Å². The van der Waals surface area contributed by atoms with Crippen molar-refractivity contribution in [1.29, 1.82) is 0 Å². The number of aliphatic carboxylic acids is 1. The Kier molecular flexibility index (Phi) is 3.84. The van der Waals surface area contributed by atoms with E-state index in [1.54, 1.807) is 6.07 Å². The molecule has 1 unspecified atom stereocenters. The molecule has 0 aromatic heterocycles. The fourth-order valence-corrected chi connectivity index (χ4v) is 1.80. The Bertz CT molecular complexity index is 433. The molecule has 5 nitrogen and oxygen atoms in total. The number of carboxylic acid groups (broad SMARTS) is 1. The van der Waals surface area contributed by atoms with Crippen LogP contribution in [0, 0.1) is 17.0 Å². The maximum atomic E-state index is 10.9. The molecule has 16 heavy (non-hydrogen) atoms. The maximum absolute atomic E-state index is 10.9. The molecule has 1 aromatic carbocycles. The number of nitro groups is 1. The summed E-state index contributed by atoms with van der Waals surface area (Å²) in [6.07, 6.45) is 0. The lowest BCUT2D eigenvalue weighted by molar-refractivity contribution is -0.385. The summed E-state index contributed by atoms with van der Waals surface area (Å²) in [7, 11) is 0. The Balaban J connectivity index is 3.29. The summed E-state index contributed by atoms with van der Waals surface area (Å²) < 4.78 is 0. The third kappa shape index (κ3) is 2.30. The van der Waals surface area contributed by atoms with Gasteiger partial charge >= 0.3 is 5.97 Å². The minimum absolute atomic E-state index is 0.0890. The predicted octanol–water partition coefficient (Wildman–Crippen LogP) is 2.31. The number of nitrogens with zero attached hydrogens (tertiary/aromatic N) is 1. The molecule has 1 atom stereocenters. The lowest BCUT2D eigenvalue weighted by atomic mass is 9.95. The summed E-state index contributed by atoms with van der Waals surface area (Å²) >= 11 is 5.55. The van der Waals surface area contributed by atoms with Gasteiger partial charge in [-0.1, -0.05) is 12.1 Å². The van der Waals surface area contributed by atoms with E-state index in [9.17, 15) is 14.9 Å². The van der Waals surface area contributed by atoms with Crippen molar-refractivity contribution in [3.8, 4) is 0 Å². The molecule has 1 rings (SSSR count). The second-order valence-corrected chi connectivity index (χ2v) is 3.60. The summed E-state index contributed by atoms with van der Waals surface area (Å²) in [6, 6.07) is 4.35. The van der Waals surface area contributed by atoms with Crippen LogP contribution in [0.25, 0.3) is 0 Å². The Morgan fingerprint density at radius 1 is 1.62 bits per heavy atom. The van der Waals surface area contributed by atoms with Gasteiger partial charge in [-0.15, -0.1) is 11.6 Å². The number of carboxylic acids is 1. The average molecular weight is 244 g/mol. The van der Waals surface area contributed by atoms with E-state index in [1.165, 1.54) is 19.1 Å². The van der Waals surface area contributed by atoms with Crippen molar-refractivity contribution in [2.45, 2.75) is 12.8 Å². The molecule has 86 valence electrons. The number of carbonyl (C=O) groups is 1. The number of rotatable bonds is 4. The lowest BCUT2D eigenvalue weighted by Gasteiger charge is -2.11. The van der Waals surface area contributed by atoms with Crippen LogP contribution in [0.5, 0.6) is 0 Å². The number of halogens is 1. The number of alkyl halides is 1. The number of benzene rings is 1. The normalized spacial score (nSPS) is 12.1. The van der Waals surface area contributed by atoms with Crippen molar-refractivity contribution in [2.75, 3.05) is 5.88 Å². The van der Waals surface area contributed by atoms with Crippen LogP contribution in [0.2, 0.25) is 0 Å². The maximum Gasteiger partial charge on any atom is 0.312 e. The fraction of sp³-hybridized carbons (Fsp3) is 0.300. The molecule has 0 saturated carbocycles. The third-order valence-corrected chi connectivity index (χ3v) is 2.68. The van der Waals surface area contributed by atoms with Crippen molar-refractivity contribution < 1.29 is 14.8 Å². The molecule has 1 aromatic rings. The summed E-state index contributed by atoms with van der Waals surface area (Å²) in [5.74, 6) is -2.11. The minimum atomic E-state index is -1.08. The first kappa shape index (κ1) is 12.4. The largest absolute Gasteiger partial charge is 0.481 e. The summed E-state index contributed by atoms with van der Waals surface area (Å²) in [6.45, 7) is 1.52. The topological polar surface area (TPSA) is 80.4 Å². The van der Waals surface area contributed by atoms with Crippen LogP contribution in [-0.2, 0) is 4.79 Å². The molecule has 1 N–H and O–H groups in total. The number of hydrogen-bond donors (Lipinski definition) is 1. The van der Waals surface area contributed by atoms with Crippen molar-refractivity contribution in [3.63, 3.8) is 0 Å². The van der Waals surface area contributed by atoms with E-state index in [1.807, 2.05) is 0 Å². The standard InChI is InChI=1S/C10H10ClNO4/c1-6-7(8(5-11)10(13)14)3-2-4-9(6)12(15)16/h2-4,8H,5H2,1H3,(H,13,14). The van der Waals surface area contributed by atoms with E-state index in [0.717, 1.165) is 0 Å². The van der Waals surface area contributed by atoms with E-state index in [0.29, 0.717) is 11.1 Å². The third-order valence-electron chi connectivity index (χ3n) is 2.37. The predicted molar refractivity (Wildman–Crippen MR) is 58.9 cm³/mol. The highest BCUT2D eigenvalue weighted by Gasteiger charge is 2.24. The van der Waals surface area contributed by atoms with Crippen molar-refractivity contribution in [3.05, 3.63) is 39.4 Å². The zero-order valence-corrected chi connectivity index (χ0v) is 9.27. The Labute approximate surface area is 96.8 Å². The van der Waals surface area contributed by atoms with Crippen LogP contribution >= 0.6 is 11.6 Å². The van der Waals surface area contributed by atoms with Crippen LogP contribution in [0.1, 0.15) is 17.0 Å². The molecule has 6 heteroatoms. The molecule has 0 fully saturated rings. The Morgan fingerprint density at radius 3 is 2.69 bits per heavy atom. The van der Waals surface area contributed by atoms with E-state index in [4.69, 9.17) is 16.7 Å². The SMILES string of the molecule is Cc1c(C(CCl)C(=O)O)cccc1[N+](=O)[O-].